The van der Waals surface area contributed by atoms with E-state index in [1.165, 1.54) is 12.1 Å². The van der Waals surface area contributed by atoms with Crippen molar-refractivity contribution >= 4 is 11.8 Å². The molecule has 2 amide bonds. The first-order valence-corrected chi connectivity index (χ1v) is 6.75. The third-order valence-electron chi connectivity index (χ3n) is 2.86. The van der Waals surface area contributed by atoms with Crippen LogP contribution in [-0.2, 0) is 16.0 Å². The van der Waals surface area contributed by atoms with Crippen molar-refractivity contribution in [2.24, 2.45) is 5.73 Å². The molecule has 21 heavy (non-hydrogen) atoms. The SMILES string of the molecule is CCNC(=O)CCNC(=O)[C@@H](N)Cc1ccc(O)c(O)c1. The van der Waals surface area contributed by atoms with Crippen LogP contribution in [0.4, 0.5) is 0 Å². The second kappa shape index (κ2) is 8.11. The van der Waals surface area contributed by atoms with E-state index in [1.807, 2.05) is 6.92 Å². The Morgan fingerprint density at radius 1 is 1.24 bits per heavy atom. The number of aromatic hydroxyl groups is 2. The molecule has 7 heteroatoms. The Morgan fingerprint density at radius 2 is 1.95 bits per heavy atom. The quantitative estimate of drug-likeness (QED) is 0.438. The minimum absolute atomic E-state index is 0.130. The largest absolute Gasteiger partial charge is 0.504 e. The van der Waals surface area contributed by atoms with Crippen molar-refractivity contribution < 1.29 is 19.8 Å². The number of benzene rings is 1. The fraction of sp³-hybridized carbons (Fsp3) is 0.429. The first-order chi connectivity index (χ1) is 9.93. The predicted molar refractivity (Wildman–Crippen MR) is 77.8 cm³/mol. The fourth-order valence-corrected chi connectivity index (χ4v) is 1.76. The Morgan fingerprint density at radius 3 is 2.57 bits per heavy atom. The highest BCUT2D eigenvalue weighted by atomic mass is 16.3. The zero-order valence-corrected chi connectivity index (χ0v) is 11.9. The molecule has 0 fully saturated rings. The number of rotatable bonds is 7. The second-order valence-corrected chi connectivity index (χ2v) is 4.63. The zero-order valence-electron chi connectivity index (χ0n) is 11.9. The fourth-order valence-electron chi connectivity index (χ4n) is 1.76. The van der Waals surface area contributed by atoms with E-state index >= 15 is 0 Å². The van der Waals surface area contributed by atoms with Crippen molar-refractivity contribution in [3.63, 3.8) is 0 Å². The summed E-state index contributed by atoms with van der Waals surface area (Å²) in [7, 11) is 0. The van der Waals surface area contributed by atoms with Gasteiger partial charge in [0.05, 0.1) is 6.04 Å². The van der Waals surface area contributed by atoms with Crippen molar-refractivity contribution in [2.45, 2.75) is 25.8 Å². The molecular formula is C14H21N3O4. The van der Waals surface area contributed by atoms with E-state index in [1.54, 1.807) is 6.07 Å². The number of phenolic OH excluding ortho intramolecular Hbond substituents is 2. The lowest BCUT2D eigenvalue weighted by Gasteiger charge is -2.12. The molecule has 0 bridgehead atoms. The van der Waals surface area contributed by atoms with Crippen LogP contribution < -0.4 is 16.4 Å². The van der Waals surface area contributed by atoms with Gasteiger partial charge in [-0.1, -0.05) is 6.07 Å². The molecule has 0 saturated heterocycles. The van der Waals surface area contributed by atoms with E-state index in [2.05, 4.69) is 10.6 Å². The van der Waals surface area contributed by atoms with Gasteiger partial charge in [0.2, 0.25) is 11.8 Å². The maximum Gasteiger partial charge on any atom is 0.237 e. The monoisotopic (exact) mass is 295 g/mol. The van der Waals surface area contributed by atoms with Crippen molar-refractivity contribution in [3.05, 3.63) is 23.8 Å². The maximum atomic E-state index is 11.8. The molecule has 0 unspecified atom stereocenters. The Hall–Kier alpha value is -2.28. The van der Waals surface area contributed by atoms with Crippen LogP contribution >= 0.6 is 0 Å². The standard InChI is InChI=1S/C14H21N3O4/c1-2-16-13(20)5-6-17-14(21)10(15)7-9-3-4-11(18)12(19)8-9/h3-4,8,10,18-19H,2,5-7,15H2,1H3,(H,16,20)(H,17,21)/t10-/m0/s1. The summed E-state index contributed by atoms with van der Waals surface area (Å²) >= 11 is 0. The van der Waals surface area contributed by atoms with E-state index in [0.717, 1.165) is 0 Å². The molecule has 1 atom stereocenters. The van der Waals surface area contributed by atoms with Crippen LogP contribution in [-0.4, -0.2) is 41.2 Å². The van der Waals surface area contributed by atoms with Gasteiger partial charge >= 0.3 is 0 Å². The number of hydrogen-bond acceptors (Lipinski definition) is 5. The summed E-state index contributed by atoms with van der Waals surface area (Å²) in [4.78, 5) is 23.0. The van der Waals surface area contributed by atoms with Crippen LogP contribution in [0.3, 0.4) is 0 Å². The molecule has 0 saturated carbocycles. The summed E-state index contributed by atoms with van der Waals surface area (Å²) in [6, 6.07) is 3.49. The van der Waals surface area contributed by atoms with Gasteiger partial charge < -0.3 is 26.6 Å². The van der Waals surface area contributed by atoms with Gasteiger partial charge in [-0.05, 0) is 31.0 Å². The van der Waals surface area contributed by atoms with Crippen LogP contribution in [0.2, 0.25) is 0 Å². The number of amides is 2. The second-order valence-electron chi connectivity index (χ2n) is 4.63. The Labute approximate surface area is 123 Å². The third kappa shape index (κ3) is 5.70. The van der Waals surface area contributed by atoms with E-state index in [4.69, 9.17) is 5.73 Å². The number of carbonyl (C=O) groups is 2. The summed E-state index contributed by atoms with van der Waals surface area (Å²) < 4.78 is 0. The van der Waals surface area contributed by atoms with Crippen molar-refractivity contribution in [2.75, 3.05) is 13.1 Å². The van der Waals surface area contributed by atoms with Crippen LogP contribution in [0.25, 0.3) is 0 Å². The minimum Gasteiger partial charge on any atom is -0.504 e. The van der Waals surface area contributed by atoms with Gasteiger partial charge in [-0.25, -0.2) is 0 Å². The summed E-state index contributed by atoms with van der Waals surface area (Å²) in [5.74, 6) is -0.975. The molecule has 0 aliphatic carbocycles. The van der Waals surface area contributed by atoms with Crippen LogP contribution in [0.1, 0.15) is 18.9 Å². The topological polar surface area (TPSA) is 125 Å². The van der Waals surface area contributed by atoms with Gasteiger partial charge in [0.15, 0.2) is 11.5 Å². The molecule has 0 aliphatic heterocycles. The molecule has 0 heterocycles. The average molecular weight is 295 g/mol. The predicted octanol–water partition coefficient (Wildman–Crippen LogP) is -0.390. The highest BCUT2D eigenvalue weighted by Crippen LogP contribution is 2.25. The van der Waals surface area contributed by atoms with E-state index < -0.39 is 6.04 Å². The van der Waals surface area contributed by atoms with Crippen LogP contribution in [0.15, 0.2) is 18.2 Å². The lowest BCUT2D eigenvalue weighted by Crippen LogP contribution is -2.43. The summed E-state index contributed by atoms with van der Waals surface area (Å²) in [6.07, 6.45) is 0.424. The van der Waals surface area contributed by atoms with Gasteiger partial charge in [-0.2, -0.15) is 0 Å². The summed E-state index contributed by atoms with van der Waals surface area (Å²) in [6.45, 7) is 2.59. The number of nitrogens with two attached hydrogens (primary N) is 1. The molecule has 1 rings (SSSR count). The van der Waals surface area contributed by atoms with E-state index in [0.29, 0.717) is 12.1 Å². The summed E-state index contributed by atoms with van der Waals surface area (Å²) in [5, 5.41) is 23.8. The van der Waals surface area contributed by atoms with Crippen molar-refractivity contribution in [3.8, 4) is 11.5 Å². The first kappa shape index (κ1) is 16.8. The molecule has 1 aromatic carbocycles. The Kier molecular flexibility index (Phi) is 6.48. The average Bonchev–Trinajstić information content (AvgIpc) is 2.43. The third-order valence-corrected chi connectivity index (χ3v) is 2.86. The van der Waals surface area contributed by atoms with Crippen LogP contribution in [0.5, 0.6) is 11.5 Å². The smallest absolute Gasteiger partial charge is 0.237 e. The summed E-state index contributed by atoms with van der Waals surface area (Å²) in [5.41, 5.74) is 6.39. The maximum absolute atomic E-state index is 11.8. The van der Waals surface area contributed by atoms with Gasteiger partial charge in [0, 0.05) is 19.5 Å². The molecule has 0 aliphatic rings. The number of phenols is 2. The Bertz CT molecular complexity index is 505. The lowest BCUT2D eigenvalue weighted by atomic mass is 10.1. The number of nitrogens with one attached hydrogen (secondary N) is 2. The normalized spacial score (nSPS) is 11.7. The van der Waals surface area contributed by atoms with Crippen molar-refractivity contribution in [1.29, 1.82) is 0 Å². The molecule has 0 aromatic heterocycles. The molecular weight excluding hydrogens is 274 g/mol. The van der Waals surface area contributed by atoms with Gasteiger partial charge in [0.1, 0.15) is 0 Å². The first-order valence-electron chi connectivity index (χ1n) is 6.75. The molecule has 0 spiro atoms. The Balaban J connectivity index is 2.40. The van der Waals surface area contributed by atoms with Gasteiger partial charge in [0.25, 0.3) is 0 Å². The number of hydrogen-bond donors (Lipinski definition) is 5. The molecule has 116 valence electrons. The van der Waals surface area contributed by atoms with E-state index in [-0.39, 0.29) is 42.7 Å². The minimum atomic E-state index is -0.789. The number of carbonyl (C=O) groups excluding carboxylic acids is 2. The van der Waals surface area contributed by atoms with Crippen LogP contribution in [0, 0.1) is 0 Å². The molecule has 6 N–H and O–H groups in total. The molecule has 1 aromatic rings. The van der Waals surface area contributed by atoms with Gasteiger partial charge in [-0.3, -0.25) is 9.59 Å². The molecule has 7 nitrogen and oxygen atoms in total. The molecule has 0 radical (unpaired) electrons. The van der Waals surface area contributed by atoms with E-state index in [9.17, 15) is 19.8 Å². The lowest BCUT2D eigenvalue weighted by molar-refractivity contribution is -0.123. The highest BCUT2D eigenvalue weighted by molar-refractivity contribution is 5.82. The van der Waals surface area contributed by atoms with Gasteiger partial charge in [-0.15, -0.1) is 0 Å². The van der Waals surface area contributed by atoms with Crippen molar-refractivity contribution in [1.82, 2.24) is 10.6 Å². The highest BCUT2D eigenvalue weighted by Gasteiger charge is 2.14. The zero-order chi connectivity index (χ0) is 15.8.